The summed E-state index contributed by atoms with van der Waals surface area (Å²) in [5, 5.41) is 6.11. The minimum absolute atomic E-state index is 0. The Labute approximate surface area is 166 Å². The first-order chi connectivity index (χ1) is 12.2. The molecule has 2 heterocycles. The van der Waals surface area contributed by atoms with Crippen molar-refractivity contribution >= 4 is 29.9 Å². The number of nitrogens with zero attached hydrogens (tertiary/aromatic N) is 3. The molecule has 1 aromatic carbocycles. The number of aliphatic imine (C=N–C) groups is 1. The molecule has 0 aliphatic carbocycles. The maximum Gasteiger partial charge on any atom is 0.319 e. The third-order valence-electron chi connectivity index (χ3n) is 3.74. The normalized spacial score (nSPS) is 12.8. The van der Waals surface area contributed by atoms with Crippen LogP contribution in [0.3, 0.4) is 0 Å². The van der Waals surface area contributed by atoms with Gasteiger partial charge >= 0.3 is 6.55 Å². The van der Waals surface area contributed by atoms with E-state index in [1.165, 1.54) is 12.4 Å². The molecule has 10 heteroatoms. The third kappa shape index (κ3) is 4.96. The van der Waals surface area contributed by atoms with Crippen molar-refractivity contribution in [2.24, 2.45) is 4.99 Å². The molecule has 0 amide bonds. The molecule has 0 bridgehead atoms. The van der Waals surface area contributed by atoms with Crippen molar-refractivity contribution in [3.63, 3.8) is 0 Å². The molecule has 1 aliphatic rings. The molecule has 0 fully saturated rings. The molecule has 0 saturated heterocycles. The first-order valence-electron chi connectivity index (χ1n) is 7.80. The van der Waals surface area contributed by atoms with Crippen molar-refractivity contribution in [2.75, 3.05) is 20.4 Å². The molecule has 0 atom stereocenters. The fraction of sp³-hybridized carbons (Fsp3) is 0.375. The topological polar surface area (TPSA) is 72.7 Å². The molecule has 2 N–H and O–H groups in total. The van der Waals surface area contributed by atoms with Gasteiger partial charge in [0.15, 0.2) is 17.5 Å². The van der Waals surface area contributed by atoms with Crippen molar-refractivity contribution in [3.8, 4) is 11.5 Å². The van der Waals surface area contributed by atoms with E-state index in [9.17, 15) is 8.78 Å². The summed E-state index contributed by atoms with van der Waals surface area (Å²) in [6.07, 6.45) is 3.35. The number of fused-ring (bicyclic) bond motifs is 1. The molecular formula is C16H20F2IN5O2. The number of alkyl halides is 2. The SMILES string of the molecule is CN=C(NCCc1ccc2c(c1)OCO2)NCc1nccn1C(F)F.I. The minimum Gasteiger partial charge on any atom is -0.454 e. The highest BCUT2D eigenvalue weighted by Gasteiger charge is 2.13. The predicted octanol–water partition coefficient (Wildman–Crippen LogP) is 2.53. The van der Waals surface area contributed by atoms with Crippen LogP contribution in [0.2, 0.25) is 0 Å². The summed E-state index contributed by atoms with van der Waals surface area (Å²) in [4.78, 5) is 7.99. The Hall–Kier alpha value is -2.11. The molecule has 3 rings (SSSR count). The Kier molecular flexibility index (Phi) is 7.42. The van der Waals surface area contributed by atoms with Gasteiger partial charge in [0.25, 0.3) is 0 Å². The van der Waals surface area contributed by atoms with Gasteiger partial charge < -0.3 is 20.1 Å². The largest absolute Gasteiger partial charge is 0.454 e. The standard InChI is InChI=1S/C16H19F2N5O2.HI/c1-19-16(22-9-14-20-6-7-23(14)15(17)18)21-5-4-11-2-3-12-13(8-11)25-10-24-12;/h2-3,6-8,15H,4-5,9-10H2,1H3,(H2,19,21,22);1H. The summed E-state index contributed by atoms with van der Waals surface area (Å²) in [5.41, 5.74) is 1.10. The van der Waals surface area contributed by atoms with Gasteiger partial charge in [-0.3, -0.25) is 9.56 Å². The smallest absolute Gasteiger partial charge is 0.319 e. The molecule has 1 aromatic heterocycles. The summed E-state index contributed by atoms with van der Waals surface area (Å²) < 4.78 is 37.0. The fourth-order valence-corrected chi connectivity index (χ4v) is 2.46. The molecule has 7 nitrogen and oxygen atoms in total. The van der Waals surface area contributed by atoms with Crippen molar-refractivity contribution in [3.05, 3.63) is 42.0 Å². The summed E-state index contributed by atoms with van der Waals surface area (Å²) >= 11 is 0. The lowest BCUT2D eigenvalue weighted by molar-refractivity contribution is 0.0668. The molecule has 0 unspecified atom stereocenters. The van der Waals surface area contributed by atoms with E-state index in [1.807, 2.05) is 18.2 Å². The van der Waals surface area contributed by atoms with Gasteiger partial charge in [-0.05, 0) is 24.1 Å². The zero-order valence-corrected chi connectivity index (χ0v) is 16.4. The first kappa shape index (κ1) is 20.2. The summed E-state index contributed by atoms with van der Waals surface area (Å²) in [7, 11) is 1.62. The van der Waals surface area contributed by atoms with Gasteiger partial charge in [0.1, 0.15) is 5.82 Å². The number of ether oxygens (including phenoxy) is 2. The van der Waals surface area contributed by atoms with Crippen LogP contribution in [0.5, 0.6) is 11.5 Å². The second-order valence-corrected chi connectivity index (χ2v) is 5.32. The van der Waals surface area contributed by atoms with E-state index in [0.717, 1.165) is 28.1 Å². The number of hydrogen-bond donors (Lipinski definition) is 2. The first-order valence-corrected chi connectivity index (χ1v) is 7.80. The van der Waals surface area contributed by atoms with E-state index >= 15 is 0 Å². The maximum atomic E-state index is 12.8. The Morgan fingerprint density at radius 1 is 1.31 bits per heavy atom. The highest BCUT2D eigenvalue weighted by atomic mass is 127. The van der Waals surface area contributed by atoms with Gasteiger partial charge in [-0.2, -0.15) is 8.78 Å². The van der Waals surface area contributed by atoms with E-state index in [0.29, 0.717) is 12.5 Å². The van der Waals surface area contributed by atoms with E-state index in [1.54, 1.807) is 7.05 Å². The van der Waals surface area contributed by atoms with Crippen LogP contribution in [-0.4, -0.2) is 35.9 Å². The predicted molar refractivity (Wildman–Crippen MR) is 103 cm³/mol. The molecule has 0 radical (unpaired) electrons. The number of rotatable bonds is 6. The average Bonchev–Trinajstić information content (AvgIpc) is 3.26. The van der Waals surface area contributed by atoms with Crippen LogP contribution in [0, 0.1) is 0 Å². The number of benzene rings is 1. The van der Waals surface area contributed by atoms with Crippen LogP contribution in [0.15, 0.2) is 35.6 Å². The molecule has 0 spiro atoms. The van der Waals surface area contributed by atoms with Crippen LogP contribution in [0.25, 0.3) is 0 Å². The number of hydrogen-bond acceptors (Lipinski definition) is 4. The second kappa shape index (κ2) is 9.55. The van der Waals surface area contributed by atoms with Gasteiger partial charge in [-0.1, -0.05) is 6.07 Å². The number of halogens is 3. The Balaban J connectivity index is 0.00000243. The fourth-order valence-electron chi connectivity index (χ4n) is 2.46. The van der Waals surface area contributed by atoms with Crippen LogP contribution in [-0.2, 0) is 13.0 Å². The maximum absolute atomic E-state index is 12.8. The van der Waals surface area contributed by atoms with Gasteiger partial charge in [-0.25, -0.2) is 4.98 Å². The van der Waals surface area contributed by atoms with E-state index in [-0.39, 0.29) is 43.1 Å². The summed E-state index contributed by atoms with van der Waals surface area (Å²) in [6.45, 7) is -1.58. The average molecular weight is 479 g/mol. The van der Waals surface area contributed by atoms with Gasteiger partial charge in [0, 0.05) is 26.0 Å². The quantitative estimate of drug-likeness (QED) is 0.379. The number of nitrogens with one attached hydrogen (secondary N) is 2. The van der Waals surface area contributed by atoms with Gasteiger partial charge in [0.2, 0.25) is 6.79 Å². The zero-order valence-electron chi connectivity index (χ0n) is 14.1. The van der Waals surface area contributed by atoms with Crippen LogP contribution < -0.4 is 20.1 Å². The minimum atomic E-state index is -2.61. The van der Waals surface area contributed by atoms with Crippen molar-refractivity contribution in [1.29, 1.82) is 0 Å². The Bertz CT molecular complexity index is 754. The van der Waals surface area contributed by atoms with Crippen molar-refractivity contribution in [1.82, 2.24) is 20.2 Å². The lowest BCUT2D eigenvalue weighted by Crippen LogP contribution is -2.38. The number of guanidine groups is 1. The lowest BCUT2D eigenvalue weighted by atomic mass is 10.1. The molecule has 1 aliphatic heterocycles. The molecule has 142 valence electrons. The highest BCUT2D eigenvalue weighted by molar-refractivity contribution is 14.0. The molecule has 26 heavy (non-hydrogen) atoms. The number of aromatic nitrogens is 2. The summed E-state index contributed by atoms with van der Waals surface area (Å²) in [5.74, 6) is 2.26. The molecule has 2 aromatic rings. The van der Waals surface area contributed by atoms with Crippen LogP contribution >= 0.6 is 24.0 Å². The van der Waals surface area contributed by atoms with Gasteiger partial charge in [0.05, 0.1) is 6.54 Å². The third-order valence-corrected chi connectivity index (χ3v) is 3.74. The molecular weight excluding hydrogens is 459 g/mol. The number of imidazole rings is 1. The van der Waals surface area contributed by atoms with Crippen LogP contribution in [0.4, 0.5) is 8.78 Å². The Morgan fingerprint density at radius 2 is 2.12 bits per heavy atom. The summed E-state index contributed by atoms with van der Waals surface area (Å²) in [6, 6.07) is 5.80. The van der Waals surface area contributed by atoms with E-state index in [4.69, 9.17) is 9.47 Å². The second-order valence-electron chi connectivity index (χ2n) is 5.32. The monoisotopic (exact) mass is 479 g/mol. The highest BCUT2D eigenvalue weighted by Crippen LogP contribution is 2.32. The van der Waals surface area contributed by atoms with E-state index in [2.05, 4.69) is 20.6 Å². The molecule has 0 saturated carbocycles. The van der Waals surface area contributed by atoms with Crippen molar-refractivity contribution < 1.29 is 18.3 Å². The lowest BCUT2D eigenvalue weighted by Gasteiger charge is -2.12. The van der Waals surface area contributed by atoms with E-state index < -0.39 is 6.55 Å². The van der Waals surface area contributed by atoms with Gasteiger partial charge in [-0.15, -0.1) is 24.0 Å². The van der Waals surface area contributed by atoms with Crippen LogP contribution in [0.1, 0.15) is 17.9 Å². The zero-order chi connectivity index (χ0) is 17.6. The van der Waals surface area contributed by atoms with Crippen molar-refractivity contribution in [2.45, 2.75) is 19.5 Å². The Morgan fingerprint density at radius 3 is 2.88 bits per heavy atom.